The van der Waals surface area contributed by atoms with Crippen molar-refractivity contribution in [2.75, 3.05) is 33.2 Å². The van der Waals surface area contributed by atoms with Crippen molar-refractivity contribution in [3.05, 3.63) is 11.6 Å². The third-order valence-corrected chi connectivity index (χ3v) is 4.45. The number of nitrogens with zero attached hydrogens (tertiary/aromatic N) is 4. The van der Waals surface area contributed by atoms with E-state index in [0.29, 0.717) is 12.0 Å². The van der Waals surface area contributed by atoms with Crippen molar-refractivity contribution < 1.29 is 0 Å². The van der Waals surface area contributed by atoms with Crippen LogP contribution in [0.4, 0.5) is 0 Å². The van der Waals surface area contributed by atoms with Crippen molar-refractivity contribution in [2.24, 2.45) is 0 Å². The van der Waals surface area contributed by atoms with Crippen LogP contribution >= 0.6 is 0 Å². The average Bonchev–Trinajstić information content (AvgIpc) is 3.16. The Hall–Kier alpha value is -0.940. The van der Waals surface area contributed by atoms with Gasteiger partial charge >= 0.3 is 0 Å². The minimum Gasteiger partial charge on any atom is -0.304 e. The van der Waals surface area contributed by atoms with Crippen LogP contribution in [0.3, 0.4) is 0 Å². The van der Waals surface area contributed by atoms with E-state index in [1.54, 1.807) is 0 Å². The van der Waals surface area contributed by atoms with Gasteiger partial charge in [-0.1, -0.05) is 0 Å². The van der Waals surface area contributed by atoms with E-state index in [9.17, 15) is 0 Å². The van der Waals surface area contributed by atoms with E-state index in [-0.39, 0.29) is 0 Å². The number of hydrogen-bond acceptors (Lipinski definition) is 4. The predicted molar refractivity (Wildman–Crippen MR) is 75.2 cm³/mol. The molecule has 1 aromatic rings. The second kappa shape index (κ2) is 5.59. The Balaban J connectivity index is 1.45. The average molecular weight is 263 g/mol. The zero-order valence-corrected chi connectivity index (χ0v) is 12.1. The van der Waals surface area contributed by atoms with Crippen LogP contribution < -0.4 is 0 Å². The SMILES string of the molecule is CC(CCc1nc(C2CC2)n[nH]1)N1CCN(C)CC1. The molecule has 1 saturated heterocycles. The van der Waals surface area contributed by atoms with E-state index in [0.717, 1.165) is 18.1 Å². The first-order chi connectivity index (χ1) is 9.22. The predicted octanol–water partition coefficient (Wildman–Crippen LogP) is 1.25. The fourth-order valence-electron chi connectivity index (χ4n) is 2.74. The van der Waals surface area contributed by atoms with E-state index in [1.807, 2.05) is 0 Å². The lowest BCUT2D eigenvalue weighted by Gasteiger charge is -2.36. The van der Waals surface area contributed by atoms with Gasteiger partial charge < -0.3 is 4.90 Å². The second-order valence-electron chi connectivity index (χ2n) is 6.14. The van der Waals surface area contributed by atoms with E-state index in [2.05, 4.69) is 39.0 Å². The quantitative estimate of drug-likeness (QED) is 0.868. The van der Waals surface area contributed by atoms with E-state index in [4.69, 9.17) is 0 Å². The molecule has 0 radical (unpaired) electrons. The van der Waals surface area contributed by atoms with Crippen LogP contribution in [0.2, 0.25) is 0 Å². The largest absolute Gasteiger partial charge is 0.304 e. The van der Waals surface area contributed by atoms with Gasteiger partial charge in [-0.2, -0.15) is 5.10 Å². The molecule has 106 valence electrons. The maximum Gasteiger partial charge on any atom is 0.153 e. The van der Waals surface area contributed by atoms with Crippen molar-refractivity contribution in [1.82, 2.24) is 25.0 Å². The summed E-state index contributed by atoms with van der Waals surface area (Å²) < 4.78 is 0. The molecule has 1 aromatic heterocycles. The van der Waals surface area contributed by atoms with Gasteiger partial charge in [-0.05, 0) is 33.2 Å². The van der Waals surface area contributed by atoms with Crippen LogP contribution in [-0.2, 0) is 6.42 Å². The third kappa shape index (κ3) is 3.34. The normalized spacial score (nSPS) is 23.7. The minimum atomic E-state index is 0.642. The maximum absolute atomic E-state index is 4.61. The first kappa shape index (κ1) is 13.1. The standard InChI is InChI=1S/C14H25N5/c1-11(19-9-7-18(2)8-10-19)3-6-13-15-14(17-16-13)12-4-5-12/h11-12H,3-10H2,1-2H3,(H,15,16,17). The fraction of sp³-hybridized carbons (Fsp3) is 0.857. The van der Waals surface area contributed by atoms with Gasteiger partial charge in [0.05, 0.1) is 0 Å². The van der Waals surface area contributed by atoms with Crippen molar-refractivity contribution in [1.29, 1.82) is 0 Å². The molecule has 2 aliphatic rings. The first-order valence-electron chi connectivity index (χ1n) is 7.56. The Morgan fingerprint density at radius 2 is 2.00 bits per heavy atom. The molecule has 2 heterocycles. The molecule has 0 aromatic carbocycles. The lowest BCUT2D eigenvalue weighted by molar-refractivity contribution is 0.114. The molecule has 1 aliphatic heterocycles. The Morgan fingerprint density at radius 3 is 2.68 bits per heavy atom. The number of H-pyrrole nitrogens is 1. The van der Waals surface area contributed by atoms with Gasteiger partial charge in [0.1, 0.15) is 5.82 Å². The van der Waals surface area contributed by atoms with Crippen LogP contribution in [0.25, 0.3) is 0 Å². The van der Waals surface area contributed by atoms with Crippen LogP contribution in [0, 0.1) is 0 Å². The lowest BCUT2D eigenvalue weighted by atomic mass is 10.1. The number of rotatable bonds is 5. The highest BCUT2D eigenvalue weighted by Gasteiger charge is 2.27. The van der Waals surface area contributed by atoms with Crippen LogP contribution in [0.1, 0.15) is 43.8 Å². The molecule has 2 fully saturated rings. The molecule has 5 nitrogen and oxygen atoms in total. The molecule has 0 spiro atoms. The van der Waals surface area contributed by atoms with Gasteiger partial charge in [-0.3, -0.25) is 10.00 Å². The summed E-state index contributed by atoms with van der Waals surface area (Å²) >= 11 is 0. The molecule has 0 amide bonds. The van der Waals surface area contributed by atoms with E-state index in [1.165, 1.54) is 45.4 Å². The monoisotopic (exact) mass is 263 g/mol. The molecule has 1 N–H and O–H groups in total. The van der Waals surface area contributed by atoms with Crippen LogP contribution in [0.5, 0.6) is 0 Å². The number of hydrogen-bond donors (Lipinski definition) is 1. The Morgan fingerprint density at radius 1 is 1.26 bits per heavy atom. The Bertz CT molecular complexity index is 404. The number of aromatic nitrogens is 3. The number of likely N-dealkylation sites (N-methyl/N-ethyl adjacent to an activating group) is 1. The summed E-state index contributed by atoms with van der Waals surface area (Å²) in [5.74, 6) is 2.77. The Labute approximate surface area is 115 Å². The van der Waals surface area contributed by atoms with Crippen LogP contribution in [-0.4, -0.2) is 64.2 Å². The summed E-state index contributed by atoms with van der Waals surface area (Å²) in [7, 11) is 2.20. The van der Waals surface area contributed by atoms with Crippen molar-refractivity contribution in [2.45, 2.75) is 44.6 Å². The zero-order valence-electron chi connectivity index (χ0n) is 12.1. The fourth-order valence-corrected chi connectivity index (χ4v) is 2.74. The summed E-state index contributed by atoms with van der Waals surface area (Å²) in [5.41, 5.74) is 0. The highest BCUT2D eigenvalue weighted by Crippen LogP contribution is 2.37. The minimum absolute atomic E-state index is 0.642. The molecule has 1 saturated carbocycles. The van der Waals surface area contributed by atoms with Gasteiger partial charge in [-0.25, -0.2) is 4.98 Å². The number of aryl methyl sites for hydroxylation is 1. The van der Waals surface area contributed by atoms with Gasteiger partial charge in [0.2, 0.25) is 0 Å². The van der Waals surface area contributed by atoms with E-state index < -0.39 is 0 Å². The van der Waals surface area contributed by atoms with Crippen molar-refractivity contribution in [3.63, 3.8) is 0 Å². The van der Waals surface area contributed by atoms with Gasteiger partial charge in [0.15, 0.2) is 5.82 Å². The summed E-state index contributed by atoms with van der Waals surface area (Å²) in [6.07, 6.45) is 4.74. The third-order valence-electron chi connectivity index (χ3n) is 4.45. The summed E-state index contributed by atoms with van der Waals surface area (Å²) in [5, 5.41) is 7.43. The topological polar surface area (TPSA) is 48.1 Å². The van der Waals surface area contributed by atoms with Gasteiger partial charge in [0, 0.05) is 44.6 Å². The molecular weight excluding hydrogens is 238 g/mol. The van der Waals surface area contributed by atoms with Gasteiger partial charge in [0.25, 0.3) is 0 Å². The molecule has 1 atom stereocenters. The molecular formula is C14H25N5. The maximum atomic E-state index is 4.61. The lowest BCUT2D eigenvalue weighted by Crippen LogP contribution is -2.48. The summed E-state index contributed by atoms with van der Waals surface area (Å²) in [4.78, 5) is 9.61. The second-order valence-corrected chi connectivity index (χ2v) is 6.14. The molecule has 1 unspecified atom stereocenters. The molecule has 3 rings (SSSR count). The van der Waals surface area contributed by atoms with Crippen LogP contribution in [0.15, 0.2) is 0 Å². The number of aromatic amines is 1. The number of piperazine rings is 1. The van der Waals surface area contributed by atoms with E-state index >= 15 is 0 Å². The molecule has 1 aliphatic carbocycles. The zero-order chi connectivity index (χ0) is 13.2. The smallest absolute Gasteiger partial charge is 0.153 e. The highest BCUT2D eigenvalue weighted by molar-refractivity contribution is 5.05. The number of nitrogens with one attached hydrogen (secondary N) is 1. The Kier molecular flexibility index (Phi) is 3.84. The van der Waals surface area contributed by atoms with Gasteiger partial charge in [-0.15, -0.1) is 0 Å². The molecule has 19 heavy (non-hydrogen) atoms. The summed E-state index contributed by atoms with van der Waals surface area (Å²) in [6, 6.07) is 0.642. The molecule has 5 heteroatoms. The highest BCUT2D eigenvalue weighted by atomic mass is 15.3. The molecule has 0 bridgehead atoms. The van der Waals surface area contributed by atoms with Crippen molar-refractivity contribution >= 4 is 0 Å². The summed E-state index contributed by atoms with van der Waals surface area (Å²) in [6.45, 7) is 7.11. The first-order valence-corrected chi connectivity index (χ1v) is 7.56. The van der Waals surface area contributed by atoms with Crippen molar-refractivity contribution in [3.8, 4) is 0 Å².